The molecule has 1 atom stereocenters. The molecule has 23 heavy (non-hydrogen) atoms. The highest BCUT2D eigenvalue weighted by molar-refractivity contribution is 5.92. The largest absolute Gasteiger partial charge is 0.487 e. The first kappa shape index (κ1) is 15.5. The van der Waals surface area contributed by atoms with Crippen molar-refractivity contribution >= 4 is 11.6 Å². The van der Waals surface area contributed by atoms with Gasteiger partial charge in [-0.3, -0.25) is 9.78 Å². The maximum atomic E-state index is 12.2. The molecule has 5 nitrogen and oxygen atoms in total. The number of hydrogen-bond acceptors (Lipinski definition) is 4. The molecule has 1 fully saturated rings. The SMILES string of the molecule is CC(C(=O)Nc1cccc(OCc2ccccn2)c1)C1CNC1. The third-order valence-corrected chi connectivity index (χ3v) is 4.15. The average Bonchev–Trinajstić information content (AvgIpc) is 2.52. The van der Waals surface area contributed by atoms with Crippen LogP contribution in [0, 0.1) is 11.8 Å². The smallest absolute Gasteiger partial charge is 0.227 e. The van der Waals surface area contributed by atoms with Crippen LogP contribution in [0.15, 0.2) is 48.7 Å². The van der Waals surface area contributed by atoms with Crippen molar-refractivity contribution in [2.75, 3.05) is 18.4 Å². The van der Waals surface area contributed by atoms with Gasteiger partial charge >= 0.3 is 0 Å². The van der Waals surface area contributed by atoms with Gasteiger partial charge in [0.2, 0.25) is 5.91 Å². The van der Waals surface area contributed by atoms with Crippen LogP contribution >= 0.6 is 0 Å². The molecule has 1 amide bonds. The molecule has 0 saturated carbocycles. The zero-order valence-electron chi connectivity index (χ0n) is 13.2. The van der Waals surface area contributed by atoms with Gasteiger partial charge in [-0.2, -0.15) is 0 Å². The van der Waals surface area contributed by atoms with Gasteiger partial charge in [-0.05, 0) is 43.3 Å². The number of benzene rings is 1. The number of aromatic nitrogens is 1. The molecule has 2 aromatic rings. The number of carbonyl (C=O) groups is 1. The molecule has 1 aromatic heterocycles. The van der Waals surface area contributed by atoms with Crippen molar-refractivity contribution in [3.8, 4) is 5.75 Å². The summed E-state index contributed by atoms with van der Waals surface area (Å²) in [6.07, 6.45) is 1.74. The second-order valence-electron chi connectivity index (χ2n) is 5.83. The molecule has 5 heteroatoms. The third kappa shape index (κ3) is 4.07. The fourth-order valence-corrected chi connectivity index (χ4v) is 2.44. The summed E-state index contributed by atoms with van der Waals surface area (Å²) in [4.78, 5) is 16.5. The first-order chi connectivity index (χ1) is 11.2. The molecular formula is C18H21N3O2. The number of nitrogens with one attached hydrogen (secondary N) is 2. The monoisotopic (exact) mass is 311 g/mol. The Labute approximate surface area is 136 Å². The van der Waals surface area contributed by atoms with Gasteiger partial charge in [0, 0.05) is 23.9 Å². The van der Waals surface area contributed by atoms with E-state index in [4.69, 9.17) is 4.74 Å². The number of amides is 1. The Bertz CT molecular complexity index is 656. The van der Waals surface area contributed by atoms with Crippen molar-refractivity contribution in [2.24, 2.45) is 11.8 Å². The summed E-state index contributed by atoms with van der Waals surface area (Å²) in [7, 11) is 0. The lowest BCUT2D eigenvalue weighted by atomic mass is 9.88. The maximum absolute atomic E-state index is 12.2. The molecule has 1 aliphatic heterocycles. The summed E-state index contributed by atoms with van der Waals surface area (Å²) in [6, 6.07) is 13.2. The minimum Gasteiger partial charge on any atom is -0.487 e. The Kier molecular flexibility index (Phi) is 4.88. The van der Waals surface area contributed by atoms with E-state index in [0.717, 1.165) is 24.5 Å². The minimum absolute atomic E-state index is 0.00865. The van der Waals surface area contributed by atoms with Gasteiger partial charge in [0.05, 0.1) is 5.69 Å². The van der Waals surface area contributed by atoms with E-state index in [1.54, 1.807) is 6.20 Å². The number of ether oxygens (including phenoxy) is 1. The summed E-state index contributed by atoms with van der Waals surface area (Å²) >= 11 is 0. The predicted octanol–water partition coefficient (Wildman–Crippen LogP) is 2.45. The van der Waals surface area contributed by atoms with Crippen molar-refractivity contribution < 1.29 is 9.53 Å². The minimum atomic E-state index is 0.00865. The molecule has 1 aliphatic rings. The van der Waals surface area contributed by atoms with E-state index in [0.29, 0.717) is 18.3 Å². The summed E-state index contributed by atoms with van der Waals surface area (Å²) < 4.78 is 5.73. The lowest BCUT2D eigenvalue weighted by molar-refractivity contribution is -0.121. The van der Waals surface area contributed by atoms with Gasteiger partial charge in [-0.15, -0.1) is 0 Å². The van der Waals surface area contributed by atoms with E-state index >= 15 is 0 Å². The number of hydrogen-bond donors (Lipinski definition) is 2. The number of pyridine rings is 1. The van der Waals surface area contributed by atoms with Crippen LogP contribution in [0.5, 0.6) is 5.75 Å². The highest BCUT2D eigenvalue weighted by Crippen LogP contribution is 2.21. The number of rotatable bonds is 6. The fourth-order valence-electron chi connectivity index (χ4n) is 2.44. The van der Waals surface area contributed by atoms with Crippen molar-refractivity contribution in [1.29, 1.82) is 0 Å². The van der Waals surface area contributed by atoms with Crippen LogP contribution in [0.1, 0.15) is 12.6 Å². The zero-order chi connectivity index (χ0) is 16.1. The molecular weight excluding hydrogens is 290 g/mol. The van der Waals surface area contributed by atoms with Crippen LogP contribution < -0.4 is 15.4 Å². The number of anilines is 1. The Hall–Kier alpha value is -2.40. The predicted molar refractivity (Wildman–Crippen MR) is 89.2 cm³/mol. The molecule has 0 radical (unpaired) electrons. The first-order valence-electron chi connectivity index (χ1n) is 7.87. The Balaban J connectivity index is 1.57. The Morgan fingerprint density at radius 2 is 2.22 bits per heavy atom. The van der Waals surface area contributed by atoms with E-state index in [2.05, 4.69) is 15.6 Å². The fraction of sp³-hybridized carbons (Fsp3) is 0.333. The molecule has 0 bridgehead atoms. The lowest BCUT2D eigenvalue weighted by Gasteiger charge is -2.31. The van der Waals surface area contributed by atoms with Crippen LogP contribution in [0.25, 0.3) is 0 Å². The molecule has 0 aliphatic carbocycles. The van der Waals surface area contributed by atoms with Crippen LogP contribution in [-0.2, 0) is 11.4 Å². The first-order valence-corrected chi connectivity index (χ1v) is 7.87. The van der Waals surface area contributed by atoms with Crippen LogP contribution in [0.4, 0.5) is 5.69 Å². The summed E-state index contributed by atoms with van der Waals surface area (Å²) in [6.45, 7) is 4.22. The normalized spacial score (nSPS) is 15.5. The quantitative estimate of drug-likeness (QED) is 0.860. The van der Waals surface area contributed by atoms with E-state index in [1.807, 2.05) is 49.4 Å². The molecule has 0 spiro atoms. The van der Waals surface area contributed by atoms with E-state index in [-0.39, 0.29) is 11.8 Å². The molecule has 3 rings (SSSR count). The van der Waals surface area contributed by atoms with Gasteiger partial charge < -0.3 is 15.4 Å². The van der Waals surface area contributed by atoms with Crippen molar-refractivity contribution in [2.45, 2.75) is 13.5 Å². The van der Waals surface area contributed by atoms with E-state index in [1.165, 1.54) is 0 Å². The molecule has 1 aromatic carbocycles. The molecule has 2 N–H and O–H groups in total. The highest BCUT2D eigenvalue weighted by atomic mass is 16.5. The van der Waals surface area contributed by atoms with Gasteiger partial charge in [-0.1, -0.05) is 19.1 Å². The maximum Gasteiger partial charge on any atom is 0.227 e. The standard InChI is InChI=1S/C18H21N3O2/c1-13(14-10-19-11-14)18(22)21-15-6-4-7-17(9-15)23-12-16-5-2-3-8-20-16/h2-9,13-14,19H,10-12H2,1H3,(H,21,22). The zero-order valence-corrected chi connectivity index (χ0v) is 13.2. The van der Waals surface area contributed by atoms with Gasteiger partial charge in [0.25, 0.3) is 0 Å². The Morgan fingerprint density at radius 3 is 2.91 bits per heavy atom. The summed E-state index contributed by atoms with van der Waals surface area (Å²) in [5.74, 6) is 1.21. The molecule has 1 unspecified atom stereocenters. The van der Waals surface area contributed by atoms with Crippen molar-refractivity contribution in [1.82, 2.24) is 10.3 Å². The van der Waals surface area contributed by atoms with Gasteiger partial charge in [0.1, 0.15) is 12.4 Å². The lowest BCUT2D eigenvalue weighted by Crippen LogP contribution is -2.48. The second-order valence-corrected chi connectivity index (χ2v) is 5.83. The molecule has 2 heterocycles. The third-order valence-electron chi connectivity index (χ3n) is 4.15. The molecule has 120 valence electrons. The van der Waals surface area contributed by atoms with Crippen LogP contribution in [0.2, 0.25) is 0 Å². The Morgan fingerprint density at radius 1 is 1.35 bits per heavy atom. The second kappa shape index (κ2) is 7.24. The topological polar surface area (TPSA) is 63.2 Å². The van der Waals surface area contributed by atoms with Gasteiger partial charge in [0.15, 0.2) is 0 Å². The van der Waals surface area contributed by atoms with Crippen molar-refractivity contribution in [3.05, 3.63) is 54.4 Å². The van der Waals surface area contributed by atoms with Crippen LogP contribution in [-0.4, -0.2) is 24.0 Å². The molecule has 1 saturated heterocycles. The van der Waals surface area contributed by atoms with E-state index in [9.17, 15) is 4.79 Å². The van der Waals surface area contributed by atoms with E-state index < -0.39 is 0 Å². The average molecular weight is 311 g/mol. The number of nitrogens with zero attached hydrogens (tertiary/aromatic N) is 1. The van der Waals surface area contributed by atoms with Crippen molar-refractivity contribution in [3.63, 3.8) is 0 Å². The summed E-state index contributed by atoms with van der Waals surface area (Å²) in [5.41, 5.74) is 1.63. The van der Waals surface area contributed by atoms with Crippen LogP contribution in [0.3, 0.4) is 0 Å². The highest BCUT2D eigenvalue weighted by Gasteiger charge is 2.28. The number of carbonyl (C=O) groups excluding carboxylic acids is 1. The van der Waals surface area contributed by atoms with Gasteiger partial charge in [-0.25, -0.2) is 0 Å². The summed E-state index contributed by atoms with van der Waals surface area (Å²) in [5, 5.41) is 6.16.